The maximum Gasteiger partial charge on any atom is 0.320 e. The van der Waals surface area contributed by atoms with Crippen molar-refractivity contribution in [3.63, 3.8) is 0 Å². The Morgan fingerprint density at radius 2 is 1.75 bits per heavy atom. The summed E-state index contributed by atoms with van der Waals surface area (Å²) in [5.41, 5.74) is 1.11. The van der Waals surface area contributed by atoms with Crippen LogP contribution in [-0.2, 0) is 5.54 Å². The van der Waals surface area contributed by atoms with Gasteiger partial charge >= 0.3 is 6.03 Å². The highest BCUT2D eigenvalue weighted by molar-refractivity contribution is 5.91. The number of benzene rings is 2. The van der Waals surface area contributed by atoms with Gasteiger partial charge in [-0.2, -0.15) is 0 Å². The Balaban J connectivity index is 1.78. The summed E-state index contributed by atoms with van der Waals surface area (Å²) < 4.78 is 18.5. The number of amides is 2. The molecule has 0 aliphatic heterocycles. The summed E-state index contributed by atoms with van der Waals surface area (Å²) in [6.07, 6.45) is 3.76. The molecule has 2 aromatic rings. The van der Waals surface area contributed by atoms with Crippen LogP contribution in [0.4, 0.5) is 14.9 Å². The Hall–Kier alpha value is -2.56. The first-order valence-electron chi connectivity index (χ1n) is 8.11. The average molecular weight is 328 g/mol. The minimum Gasteiger partial charge on any atom is -0.495 e. The minimum absolute atomic E-state index is 0.273. The molecule has 2 amide bonds. The van der Waals surface area contributed by atoms with Crippen molar-refractivity contribution < 1.29 is 13.9 Å². The monoisotopic (exact) mass is 328 g/mol. The average Bonchev–Trinajstić information content (AvgIpc) is 3.05. The summed E-state index contributed by atoms with van der Waals surface area (Å²) in [5.74, 6) is 0.334. The van der Waals surface area contributed by atoms with Gasteiger partial charge in [0.1, 0.15) is 11.6 Å². The van der Waals surface area contributed by atoms with Crippen molar-refractivity contribution >= 4 is 11.7 Å². The summed E-state index contributed by atoms with van der Waals surface area (Å²) in [5, 5.41) is 5.95. The van der Waals surface area contributed by atoms with E-state index in [4.69, 9.17) is 4.74 Å². The highest BCUT2D eigenvalue weighted by Gasteiger charge is 2.37. The third-order valence-electron chi connectivity index (χ3n) is 4.56. The first-order valence-corrected chi connectivity index (χ1v) is 8.11. The van der Waals surface area contributed by atoms with Crippen LogP contribution in [0.25, 0.3) is 0 Å². The van der Waals surface area contributed by atoms with Crippen LogP contribution in [0.15, 0.2) is 48.5 Å². The summed E-state index contributed by atoms with van der Waals surface area (Å²) in [6, 6.07) is 13.4. The van der Waals surface area contributed by atoms with Crippen molar-refractivity contribution in [1.29, 1.82) is 0 Å². The molecule has 24 heavy (non-hydrogen) atoms. The lowest BCUT2D eigenvalue weighted by atomic mass is 9.88. The Labute approximate surface area is 141 Å². The lowest BCUT2D eigenvalue weighted by Crippen LogP contribution is -2.45. The molecule has 0 unspecified atom stereocenters. The third kappa shape index (κ3) is 3.35. The van der Waals surface area contributed by atoms with Gasteiger partial charge in [0.15, 0.2) is 0 Å². The van der Waals surface area contributed by atoms with E-state index in [1.807, 2.05) is 12.1 Å². The Morgan fingerprint density at radius 3 is 2.42 bits per heavy atom. The molecule has 2 N–H and O–H groups in total. The molecule has 4 nitrogen and oxygen atoms in total. The molecule has 1 aliphatic carbocycles. The van der Waals surface area contributed by atoms with Gasteiger partial charge in [-0.3, -0.25) is 0 Å². The highest BCUT2D eigenvalue weighted by atomic mass is 19.1. The number of hydrogen-bond acceptors (Lipinski definition) is 2. The summed E-state index contributed by atoms with van der Waals surface area (Å²) >= 11 is 0. The second-order valence-electron chi connectivity index (χ2n) is 6.08. The molecule has 0 atom stereocenters. The number of hydrogen-bond donors (Lipinski definition) is 2. The molecule has 3 rings (SSSR count). The molecule has 0 radical (unpaired) electrons. The van der Waals surface area contributed by atoms with E-state index < -0.39 is 5.54 Å². The molecule has 0 spiro atoms. The fourth-order valence-electron chi connectivity index (χ4n) is 3.35. The van der Waals surface area contributed by atoms with Gasteiger partial charge < -0.3 is 15.4 Å². The van der Waals surface area contributed by atoms with Gasteiger partial charge in [0, 0.05) is 0 Å². The van der Waals surface area contributed by atoms with E-state index >= 15 is 0 Å². The molecule has 2 aromatic carbocycles. The molecule has 1 aliphatic rings. The van der Waals surface area contributed by atoms with E-state index in [0.717, 1.165) is 31.2 Å². The normalized spacial score (nSPS) is 15.8. The van der Waals surface area contributed by atoms with Gasteiger partial charge in [-0.1, -0.05) is 37.1 Å². The molecular formula is C19H21FN2O2. The summed E-state index contributed by atoms with van der Waals surface area (Å²) in [6.45, 7) is 0. The van der Waals surface area contributed by atoms with E-state index in [0.29, 0.717) is 11.4 Å². The number of halogens is 1. The quantitative estimate of drug-likeness (QED) is 0.872. The van der Waals surface area contributed by atoms with Crippen LogP contribution < -0.4 is 15.4 Å². The molecule has 0 bridgehead atoms. The molecule has 1 saturated carbocycles. The van der Waals surface area contributed by atoms with Crippen LogP contribution in [0.2, 0.25) is 0 Å². The summed E-state index contributed by atoms with van der Waals surface area (Å²) in [4.78, 5) is 12.5. The standard InChI is InChI=1S/C19H21FN2O2/c1-24-17-7-3-2-6-16(17)21-18(23)22-19(12-4-5-13-19)14-8-10-15(20)11-9-14/h2-3,6-11H,4-5,12-13H2,1H3,(H2,21,22,23). The van der Waals surface area contributed by atoms with Crippen LogP contribution in [-0.4, -0.2) is 13.1 Å². The van der Waals surface area contributed by atoms with Crippen LogP contribution in [0.1, 0.15) is 31.2 Å². The van der Waals surface area contributed by atoms with E-state index in [1.54, 1.807) is 31.4 Å². The van der Waals surface area contributed by atoms with Crippen molar-refractivity contribution in [2.75, 3.05) is 12.4 Å². The molecule has 126 valence electrons. The first-order chi connectivity index (χ1) is 11.6. The van der Waals surface area contributed by atoms with Crippen LogP contribution in [0.5, 0.6) is 5.75 Å². The first kappa shape index (κ1) is 16.3. The second kappa shape index (κ2) is 6.91. The fraction of sp³-hybridized carbons (Fsp3) is 0.316. The fourth-order valence-corrected chi connectivity index (χ4v) is 3.35. The number of para-hydroxylation sites is 2. The number of methoxy groups -OCH3 is 1. The number of carbonyl (C=O) groups is 1. The van der Waals surface area contributed by atoms with Gasteiger partial charge in [-0.15, -0.1) is 0 Å². The number of carbonyl (C=O) groups excluding carboxylic acids is 1. The largest absolute Gasteiger partial charge is 0.495 e. The SMILES string of the molecule is COc1ccccc1NC(=O)NC1(c2ccc(F)cc2)CCCC1. The number of rotatable bonds is 4. The summed E-state index contributed by atoms with van der Waals surface area (Å²) in [7, 11) is 1.56. The van der Waals surface area contributed by atoms with Crippen molar-refractivity contribution in [3.05, 3.63) is 59.9 Å². The number of ether oxygens (including phenoxy) is 1. The zero-order valence-corrected chi connectivity index (χ0v) is 13.6. The maximum atomic E-state index is 13.2. The zero-order chi connectivity index (χ0) is 17.0. The lowest BCUT2D eigenvalue weighted by Gasteiger charge is -2.31. The van der Waals surface area contributed by atoms with E-state index in [9.17, 15) is 9.18 Å². The maximum absolute atomic E-state index is 13.2. The van der Waals surface area contributed by atoms with Crippen molar-refractivity contribution in [1.82, 2.24) is 5.32 Å². The third-order valence-corrected chi connectivity index (χ3v) is 4.56. The van der Waals surface area contributed by atoms with Crippen LogP contribution >= 0.6 is 0 Å². The molecule has 1 fully saturated rings. The van der Waals surface area contributed by atoms with Crippen molar-refractivity contribution in [3.8, 4) is 5.75 Å². The van der Waals surface area contributed by atoms with Gasteiger partial charge in [0.2, 0.25) is 0 Å². The van der Waals surface area contributed by atoms with Crippen molar-refractivity contribution in [2.45, 2.75) is 31.2 Å². The molecular weight excluding hydrogens is 307 g/mol. The number of nitrogens with one attached hydrogen (secondary N) is 2. The number of urea groups is 1. The number of anilines is 1. The van der Waals surface area contributed by atoms with Gasteiger partial charge in [0.05, 0.1) is 18.3 Å². The van der Waals surface area contributed by atoms with Gasteiger partial charge in [-0.25, -0.2) is 9.18 Å². The topological polar surface area (TPSA) is 50.4 Å². The van der Waals surface area contributed by atoms with E-state index in [-0.39, 0.29) is 11.8 Å². The van der Waals surface area contributed by atoms with E-state index in [1.165, 1.54) is 12.1 Å². The highest BCUT2D eigenvalue weighted by Crippen LogP contribution is 2.39. The molecule has 0 heterocycles. The minimum atomic E-state index is -0.445. The second-order valence-corrected chi connectivity index (χ2v) is 6.08. The predicted molar refractivity (Wildman–Crippen MR) is 91.7 cm³/mol. The Morgan fingerprint density at radius 1 is 1.08 bits per heavy atom. The van der Waals surface area contributed by atoms with Gasteiger partial charge in [-0.05, 0) is 42.7 Å². The lowest BCUT2D eigenvalue weighted by molar-refractivity contribution is 0.236. The van der Waals surface area contributed by atoms with Gasteiger partial charge in [0.25, 0.3) is 0 Å². The smallest absolute Gasteiger partial charge is 0.320 e. The zero-order valence-electron chi connectivity index (χ0n) is 13.6. The molecule has 0 aromatic heterocycles. The Kier molecular flexibility index (Phi) is 4.69. The van der Waals surface area contributed by atoms with Crippen LogP contribution in [0, 0.1) is 5.82 Å². The molecule has 0 saturated heterocycles. The predicted octanol–water partition coefficient (Wildman–Crippen LogP) is 4.43. The van der Waals surface area contributed by atoms with Crippen molar-refractivity contribution in [2.24, 2.45) is 0 Å². The Bertz CT molecular complexity index is 710. The molecule has 5 heteroatoms. The van der Waals surface area contributed by atoms with E-state index in [2.05, 4.69) is 10.6 Å². The van der Waals surface area contributed by atoms with Crippen LogP contribution in [0.3, 0.4) is 0 Å².